The van der Waals surface area contributed by atoms with Gasteiger partial charge in [0, 0.05) is 17.1 Å². The molecule has 0 aromatic heterocycles. The van der Waals surface area contributed by atoms with Gasteiger partial charge in [0.1, 0.15) is 0 Å². The molecular formula is C13H17BrClFN2O2. The van der Waals surface area contributed by atoms with Gasteiger partial charge in [-0.1, -0.05) is 15.9 Å². The lowest BCUT2D eigenvalue weighted by Gasteiger charge is -2.12. The van der Waals surface area contributed by atoms with Gasteiger partial charge in [-0.05, 0) is 37.0 Å². The average molecular weight is 368 g/mol. The summed E-state index contributed by atoms with van der Waals surface area (Å²) in [4.78, 5) is 11.5. The summed E-state index contributed by atoms with van der Waals surface area (Å²) in [6.45, 7) is 0.228. The highest BCUT2D eigenvalue weighted by molar-refractivity contribution is 9.10. The maximum Gasteiger partial charge on any atom is 0.257 e. The first-order valence-corrected chi connectivity index (χ1v) is 6.95. The molecule has 1 amide bonds. The highest BCUT2D eigenvalue weighted by Gasteiger charge is 2.28. The van der Waals surface area contributed by atoms with Crippen molar-refractivity contribution in [1.82, 2.24) is 5.32 Å². The van der Waals surface area contributed by atoms with Crippen LogP contribution in [0.3, 0.4) is 0 Å². The molecule has 0 heterocycles. The van der Waals surface area contributed by atoms with E-state index < -0.39 is 5.82 Å². The van der Waals surface area contributed by atoms with E-state index in [1.54, 1.807) is 6.07 Å². The third kappa shape index (κ3) is 5.26. The minimum absolute atomic E-state index is 0. The van der Waals surface area contributed by atoms with Crippen LogP contribution in [0.2, 0.25) is 0 Å². The van der Waals surface area contributed by atoms with E-state index >= 15 is 0 Å². The summed E-state index contributed by atoms with van der Waals surface area (Å²) >= 11 is 3.15. The molecule has 1 unspecified atom stereocenters. The molecule has 4 nitrogen and oxygen atoms in total. The molecule has 2 rings (SSSR count). The Hall–Kier alpha value is -0.850. The van der Waals surface area contributed by atoms with E-state index in [1.165, 1.54) is 12.1 Å². The van der Waals surface area contributed by atoms with Gasteiger partial charge in [-0.25, -0.2) is 4.39 Å². The van der Waals surface area contributed by atoms with Crippen LogP contribution in [-0.4, -0.2) is 25.1 Å². The van der Waals surface area contributed by atoms with Crippen LogP contribution in [0.4, 0.5) is 4.39 Å². The number of hydrogen-bond acceptors (Lipinski definition) is 3. The summed E-state index contributed by atoms with van der Waals surface area (Å²) in [6.07, 6.45) is 2.27. The van der Waals surface area contributed by atoms with E-state index in [2.05, 4.69) is 21.2 Å². The van der Waals surface area contributed by atoms with E-state index in [0.717, 1.165) is 12.8 Å². The Bertz CT molecular complexity index is 472. The predicted octanol–water partition coefficient (Wildman–Crippen LogP) is 2.24. The molecule has 20 heavy (non-hydrogen) atoms. The topological polar surface area (TPSA) is 64.3 Å². The normalized spacial score (nSPS) is 15.2. The molecule has 112 valence electrons. The third-order valence-corrected chi connectivity index (χ3v) is 3.51. The van der Waals surface area contributed by atoms with Gasteiger partial charge < -0.3 is 15.8 Å². The van der Waals surface area contributed by atoms with Gasteiger partial charge in [0.05, 0.1) is 0 Å². The number of rotatable bonds is 6. The maximum atomic E-state index is 13.4. The summed E-state index contributed by atoms with van der Waals surface area (Å²) in [7, 11) is 0. The van der Waals surface area contributed by atoms with Gasteiger partial charge >= 0.3 is 0 Å². The Morgan fingerprint density at radius 2 is 2.25 bits per heavy atom. The highest BCUT2D eigenvalue weighted by Crippen LogP contribution is 2.31. The minimum atomic E-state index is -0.503. The molecule has 0 radical (unpaired) electrons. The zero-order valence-corrected chi connectivity index (χ0v) is 13.2. The standard InChI is InChI=1S/C13H16BrFN2O2.ClH/c14-9-3-4-12(10(15)5-9)19-7-13(18)17-6-11(16)8-1-2-8;/h3-5,8,11H,1-2,6-7,16H2,(H,17,18);1H. The van der Waals surface area contributed by atoms with Crippen molar-refractivity contribution in [3.63, 3.8) is 0 Å². The molecule has 7 heteroatoms. The van der Waals surface area contributed by atoms with Crippen molar-refractivity contribution in [1.29, 1.82) is 0 Å². The van der Waals surface area contributed by atoms with Crippen LogP contribution < -0.4 is 15.8 Å². The molecule has 1 aliphatic carbocycles. The van der Waals surface area contributed by atoms with Crippen molar-refractivity contribution in [3.05, 3.63) is 28.5 Å². The fraction of sp³-hybridized carbons (Fsp3) is 0.462. The van der Waals surface area contributed by atoms with Crippen molar-refractivity contribution in [2.75, 3.05) is 13.2 Å². The van der Waals surface area contributed by atoms with E-state index in [4.69, 9.17) is 10.5 Å². The summed E-state index contributed by atoms with van der Waals surface area (Å²) in [6, 6.07) is 4.42. The number of amides is 1. The number of carbonyl (C=O) groups is 1. The molecule has 3 N–H and O–H groups in total. The Labute approximate surface area is 131 Å². The Kier molecular flexibility index (Phi) is 6.71. The molecule has 1 fully saturated rings. The quantitative estimate of drug-likeness (QED) is 0.810. The molecule has 1 aromatic carbocycles. The summed E-state index contributed by atoms with van der Waals surface area (Å²) in [5.74, 6) is -0.203. The Balaban J connectivity index is 0.00000200. The van der Waals surface area contributed by atoms with Crippen molar-refractivity contribution in [3.8, 4) is 5.75 Å². The Morgan fingerprint density at radius 3 is 2.85 bits per heavy atom. The first-order valence-electron chi connectivity index (χ1n) is 6.16. The lowest BCUT2D eigenvalue weighted by Crippen LogP contribution is -2.40. The number of halogens is 3. The number of nitrogens with one attached hydrogen (secondary N) is 1. The van der Waals surface area contributed by atoms with Gasteiger partial charge in [-0.15, -0.1) is 12.4 Å². The number of benzene rings is 1. The SMILES string of the molecule is Cl.NC(CNC(=O)COc1ccc(Br)cc1F)C1CC1. The van der Waals surface area contributed by atoms with Gasteiger partial charge in [0.25, 0.3) is 5.91 Å². The lowest BCUT2D eigenvalue weighted by atomic mass is 10.2. The second-order valence-electron chi connectivity index (χ2n) is 4.67. The van der Waals surface area contributed by atoms with Crippen molar-refractivity contribution in [2.24, 2.45) is 11.7 Å². The molecule has 0 spiro atoms. The van der Waals surface area contributed by atoms with Crippen LogP contribution in [0.15, 0.2) is 22.7 Å². The van der Waals surface area contributed by atoms with Gasteiger partial charge in [0.2, 0.25) is 0 Å². The summed E-state index contributed by atoms with van der Waals surface area (Å²) < 4.78 is 19.2. The first kappa shape index (κ1) is 17.2. The molecule has 0 saturated heterocycles. The van der Waals surface area contributed by atoms with Crippen LogP contribution >= 0.6 is 28.3 Å². The number of carbonyl (C=O) groups excluding carboxylic acids is 1. The van der Waals surface area contributed by atoms with Crippen LogP contribution in [0.5, 0.6) is 5.75 Å². The van der Waals surface area contributed by atoms with E-state index in [0.29, 0.717) is 16.9 Å². The predicted molar refractivity (Wildman–Crippen MR) is 80.6 cm³/mol. The minimum Gasteiger partial charge on any atom is -0.481 e. The van der Waals surface area contributed by atoms with E-state index in [9.17, 15) is 9.18 Å². The van der Waals surface area contributed by atoms with Crippen LogP contribution in [0, 0.1) is 11.7 Å². The van der Waals surface area contributed by atoms with Gasteiger partial charge in [-0.2, -0.15) is 0 Å². The monoisotopic (exact) mass is 366 g/mol. The molecule has 1 aromatic rings. The van der Waals surface area contributed by atoms with E-state index in [-0.39, 0.29) is 36.7 Å². The average Bonchev–Trinajstić information content (AvgIpc) is 3.19. The first-order chi connectivity index (χ1) is 9.06. The summed E-state index contributed by atoms with van der Waals surface area (Å²) in [5.41, 5.74) is 5.85. The fourth-order valence-corrected chi connectivity index (χ4v) is 2.04. The second-order valence-corrected chi connectivity index (χ2v) is 5.58. The molecule has 0 aliphatic heterocycles. The maximum absolute atomic E-state index is 13.4. The number of nitrogens with two attached hydrogens (primary N) is 1. The third-order valence-electron chi connectivity index (χ3n) is 3.02. The lowest BCUT2D eigenvalue weighted by molar-refractivity contribution is -0.123. The molecule has 0 bridgehead atoms. The van der Waals surface area contributed by atoms with Crippen molar-refractivity contribution < 1.29 is 13.9 Å². The van der Waals surface area contributed by atoms with Gasteiger partial charge in [-0.3, -0.25) is 4.79 Å². The van der Waals surface area contributed by atoms with Crippen molar-refractivity contribution in [2.45, 2.75) is 18.9 Å². The van der Waals surface area contributed by atoms with Crippen LogP contribution in [-0.2, 0) is 4.79 Å². The van der Waals surface area contributed by atoms with Crippen LogP contribution in [0.1, 0.15) is 12.8 Å². The zero-order chi connectivity index (χ0) is 13.8. The highest BCUT2D eigenvalue weighted by atomic mass is 79.9. The zero-order valence-electron chi connectivity index (χ0n) is 10.8. The molecular weight excluding hydrogens is 351 g/mol. The number of hydrogen-bond donors (Lipinski definition) is 2. The largest absolute Gasteiger partial charge is 0.481 e. The Morgan fingerprint density at radius 1 is 1.55 bits per heavy atom. The number of ether oxygens (including phenoxy) is 1. The fourth-order valence-electron chi connectivity index (χ4n) is 1.71. The summed E-state index contributed by atoms with van der Waals surface area (Å²) in [5, 5.41) is 2.68. The van der Waals surface area contributed by atoms with Crippen LogP contribution in [0.25, 0.3) is 0 Å². The molecule has 1 aliphatic rings. The molecule has 1 atom stereocenters. The second kappa shape index (κ2) is 7.81. The molecule has 1 saturated carbocycles. The van der Waals surface area contributed by atoms with Gasteiger partial charge in [0.15, 0.2) is 18.2 Å². The van der Waals surface area contributed by atoms with Crippen molar-refractivity contribution >= 4 is 34.2 Å². The smallest absolute Gasteiger partial charge is 0.257 e. The van der Waals surface area contributed by atoms with E-state index in [1.807, 2.05) is 0 Å².